The average Bonchev–Trinajstić information content (AvgIpc) is 3.18. The van der Waals surface area contributed by atoms with Crippen molar-refractivity contribution in [2.45, 2.75) is 50.8 Å². The molecular weight excluding hydrogens is 306 g/mol. The number of hydrogen-bond acceptors (Lipinski definition) is 5. The number of nitrogens with one attached hydrogen (secondary N) is 1. The Labute approximate surface area is 139 Å². The lowest BCUT2D eigenvalue weighted by Crippen LogP contribution is -2.54. The summed E-state index contributed by atoms with van der Waals surface area (Å²) in [5.41, 5.74) is 1.29. The van der Waals surface area contributed by atoms with Crippen molar-refractivity contribution in [2.24, 2.45) is 0 Å². The summed E-state index contributed by atoms with van der Waals surface area (Å²) in [4.78, 5) is 19.1. The molecular formula is C17H21N5O2. The summed E-state index contributed by atoms with van der Waals surface area (Å²) in [6.07, 6.45) is 6.19. The molecule has 1 N–H and O–H groups in total. The molecule has 1 aliphatic carbocycles. The molecule has 7 nitrogen and oxygen atoms in total. The van der Waals surface area contributed by atoms with E-state index in [4.69, 9.17) is 10.00 Å². The predicted octanol–water partition coefficient (Wildman–Crippen LogP) is 1.43. The molecule has 2 aliphatic rings. The summed E-state index contributed by atoms with van der Waals surface area (Å²) >= 11 is 0. The molecule has 0 amide bonds. The first-order valence-corrected chi connectivity index (χ1v) is 8.48. The molecule has 1 saturated carbocycles. The minimum atomic E-state index is -0.187. The van der Waals surface area contributed by atoms with Gasteiger partial charge in [0.2, 0.25) is 0 Å². The Morgan fingerprint density at radius 2 is 2.29 bits per heavy atom. The van der Waals surface area contributed by atoms with Crippen molar-refractivity contribution in [3.8, 4) is 6.07 Å². The SMILES string of the molecule is CC1COC2(CCCC2)CN1Cc1cc(=O)n2[nH]cc(C#N)c2n1. The number of nitriles is 1. The minimum Gasteiger partial charge on any atom is -0.372 e. The third-order valence-corrected chi connectivity index (χ3v) is 5.30. The summed E-state index contributed by atoms with van der Waals surface area (Å²) in [5.74, 6) is 0. The van der Waals surface area contributed by atoms with Crippen LogP contribution in [0.25, 0.3) is 5.65 Å². The monoisotopic (exact) mass is 327 g/mol. The average molecular weight is 327 g/mol. The van der Waals surface area contributed by atoms with Crippen molar-refractivity contribution in [2.75, 3.05) is 13.2 Å². The highest BCUT2D eigenvalue weighted by molar-refractivity contribution is 5.53. The molecule has 1 aliphatic heterocycles. The molecule has 4 rings (SSSR count). The Morgan fingerprint density at radius 3 is 3.04 bits per heavy atom. The molecule has 2 fully saturated rings. The highest BCUT2D eigenvalue weighted by Crippen LogP contribution is 2.37. The highest BCUT2D eigenvalue weighted by atomic mass is 16.5. The van der Waals surface area contributed by atoms with Crippen molar-refractivity contribution in [1.82, 2.24) is 19.5 Å². The van der Waals surface area contributed by atoms with Crippen LogP contribution in [0.15, 0.2) is 17.1 Å². The molecule has 0 radical (unpaired) electrons. The van der Waals surface area contributed by atoms with Gasteiger partial charge in [-0.2, -0.15) is 5.26 Å². The second kappa shape index (κ2) is 5.72. The highest BCUT2D eigenvalue weighted by Gasteiger charge is 2.41. The van der Waals surface area contributed by atoms with Crippen LogP contribution in [0.1, 0.15) is 43.9 Å². The van der Waals surface area contributed by atoms with Gasteiger partial charge in [0, 0.05) is 31.4 Å². The molecule has 0 bridgehead atoms. The molecule has 1 unspecified atom stereocenters. The van der Waals surface area contributed by atoms with Crippen LogP contribution in [-0.2, 0) is 11.3 Å². The van der Waals surface area contributed by atoms with E-state index < -0.39 is 0 Å². The fourth-order valence-corrected chi connectivity index (χ4v) is 3.91. The van der Waals surface area contributed by atoms with Gasteiger partial charge in [-0.25, -0.2) is 9.50 Å². The molecule has 0 aromatic carbocycles. The molecule has 7 heteroatoms. The van der Waals surface area contributed by atoms with Crippen LogP contribution in [0, 0.1) is 11.3 Å². The van der Waals surface area contributed by atoms with E-state index >= 15 is 0 Å². The van der Waals surface area contributed by atoms with Crippen LogP contribution in [0.4, 0.5) is 0 Å². The van der Waals surface area contributed by atoms with Crippen LogP contribution in [0.3, 0.4) is 0 Å². The number of nitrogens with zero attached hydrogens (tertiary/aromatic N) is 4. The maximum absolute atomic E-state index is 12.2. The minimum absolute atomic E-state index is 0.0163. The third-order valence-electron chi connectivity index (χ3n) is 5.30. The Bertz CT molecular complexity index is 856. The van der Waals surface area contributed by atoms with Crippen LogP contribution in [0.5, 0.6) is 0 Å². The smallest absolute Gasteiger partial charge is 0.272 e. The standard InChI is InChI=1S/C17H21N5O2/c1-12-10-24-17(4-2-3-5-17)11-21(12)9-14-6-15(23)22-16(20-14)13(7-18)8-19-22/h6,8,12,19H,2-5,9-11H2,1H3. The van der Waals surface area contributed by atoms with Gasteiger partial charge in [-0.3, -0.25) is 14.8 Å². The first kappa shape index (κ1) is 15.4. The number of aromatic amines is 1. The van der Waals surface area contributed by atoms with Crippen molar-refractivity contribution in [3.05, 3.63) is 33.9 Å². The lowest BCUT2D eigenvalue weighted by Gasteiger charge is -2.44. The topological polar surface area (TPSA) is 86.4 Å². The first-order valence-electron chi connectivity index (χ1n) is 8.48. The van der Waals surface area contributed by atoms with Gasteiger partial charge < -0.3 is 4.74 Å². The van der Waals surface area contributed by atoms with E-state index in [1.54, 1.807) is 6.07 Å². The van der Waals surface area contributed by atoms with Crippen LogP contribution in [-0.4, -0.2) is 44.3 Å². The number of hydrogen-bond donors (Lipinski definition) is 1. The lowest BCUT2D eigenvalue weighted by molar-refractivity contribution is -0.129. The fourth-order valence-electron chi connectivity index (χ4n) is 3.91. The van der Waals surface area contributed by atoms with E-state index in [2.05, 4.69) is 28.0 Å². The van der Waals surface area contributed by atoms with E-state index in [1.165, 1.54) is 23.6 Å². The maximum atomic E-state index is 12.2. The largest absolute Gasteiger partial charge is 0.372 e. The van der Waals surface area contributed by atoms with E-state index in [0.29, 0.717) is 23.4 Å². The van der Waals surface area contributed by atoms with Crippen LogP contribution in [0.2, 0.25) is 0 Å². The van der Waals surface area contributed by atoms with Crippen molar-refractivity contribution < 1.29 is 4.74 Å². The van der Waals surface area contributed by atoms with E-state index in [-0.39, 0.29) is 17.2 Å². The quantitative estimate of drug-likeness (QED) is 0.901. The van der Waals surface area contributed by atoms with E-state index in [1.807, 2.05) is 0 Å². The van der Waals surface area contributed by atoms with E-state index in [9.17, 15) is 4.79 Å². The Morgan fingerprint density at radius 1 is 1.50 bits per heavy atom. The molecule has 126 valence electrons. The molecule has 3 heterocycles. The summed E-state index contributed by atoms with van der Waals surface area (Å²) in [7, 11) is 0. The summed E-state index contributed by atoms with van der Waals surface area (Å²) in [6, 6.07) is 3.91. The number of ether oxygens (including phenoxy) is 1. The Balaban J connectivity index is 1.63. The third kappa shape index (κ3) is 2.52. The van der Waals surface area contributed by atoms with Gasteiger partial charge in [-0.15, -0.1) is 0 Å². The Hall–Kier alpha value is -2.17. The van der Waals surface area contributed by atoms with Gasteiger partial charge in [0.15, 0.2) is 5.65 Å². The molecule has 1 saturated heterocycles. The zero-order chi connectivity index (χ0) is 16.7. The van der Waals surface area contributed by atoms with Crippen molar-refractivity contribution in [3.63, 3.8) is 0 Å². The van der Waals surface area contributed by atoms with Crippen molar-refractivity contribution >= 4 is 5.65 Å². The number of aromatic nitrogens is 3. The zero-order valence-corrected chi connectivity index (χ0v) is 13.8. The normalized spacial score (nSPS) is 23.8. The second-order valence-electron chi connectivity index (χ2n) is 7.00. The molecule has 2 aromatic heterocycles. The Kier molecular flexibility index (Phi) is 3.66. The van der Waals surface area contributed by atoms with Crippen LogP contribution >= 0.6 is 0 Å². The number of morpholine rings is 1. The van der Waals surface area contributed by atoms with E-state index in [0.717, 1.165) is 26.0 Å². The number of rotatable bonds is 2. The maximum Gasteiger partial charge on any atom is 0.272 e. The molecule has 24 heavy (non-hydrogen) atoms. The first-order chi connectivity index (χ1) is 11.6. The van der Waals surface area contributed by atoms with Gasteiger partial charge in [0.1, 0.15) is 11.6 Å². The fraction of sp³-hybridized carbons (Fsp3) is 0.588. The zero-order valence-electron chi connectivity index (χ0n) is 13.8. The summed E-state index contributed by atoms with van der Waals surface area (Å²) < 4.78 is 7.46. The number of fused-ring (bicyclic) bond motifs is 1. The second-order valence-corrected chi connectivity index (χ2v) is 7.00. The number of H-pyrrole nitrogens is 1. The van der Waals surface area contributed by atoms with Gasteiger partial charge in [0.05, 0.1) is 17.9 Å². The van der Waals surface area contributed by atoms with Gasteiger partial charge in [-0.05, 0) is 19.8 Å². The molecule has 1 spiro atoms. The summed E-state index contributed by atoms with van der Waals surface area (Å²) in [5, 5.41) is 11.9. The van der Waals surface area contributed by atoms with Gasteiger partial charge >= 0.3 is 0 Å². The van der Waals surface area contributed by atoms with Gasteiger partial charge in [0.25, 0.3) is 5.56 Å². The molecule has 2 aromatic rings. The predicted molar refractivity (Wildman–Crippen MR) is 87.6 cm³/mol. The summed E-state index contributed by atoms with van der Waals surface area (Å²) in [6.45, 7) is 4.35. The van der Waals surface area contributed by atoms with Crippen LogP contribution < -0.4 is 5.56 Å². The van der Waals surface area contributed by atoms with Gasteiger partial charge in [-0.1, -0.05) is 12.8 Å². The van der Waals surface area contributed by atoms with Crippen molar-refractivity contribution in [1.29, 1.82) is 5.26 Å². The molecule has 1 atom stereocenters. The lowest BCUT2D eigenvalue weighted by atomic mass is 9.98.